The fraction of sp³-hybridized carbons (Fsp3) is 0.133. The highest BCUT2D eigenvalue weighted by atomic mass is 35.5. The molecule has 0 fully saturated rings. The highest BCUT2D eigenvalue weighted by Crippen LogP contribution is 2.21. The van der Waals surface area contributed by atoms with Crippen LogP contribution in [0.4, 0.5) is 10.1 Å². The molecule has 0 saturated carbocycles. The molecule has 1 aromatic carbocycles. The molecule has 2 heterocycles. The second-order valence-corrected chi connectivity index (χ2v) is 5.32. The quantitative estimate of drug-likeness (QED) is 0.788. The van der Waals surface area contributed by atoms with Crippen LogP contribution in [0.1, 0.15) is 16.1 Å². The Morgan fingerprint density at radius 2 is 2.14 bits per heavy atom. The van der Waals surface area contributed by atoms with Crippen LogP contribution in [-0.4, -0.2) is 20.7 Å². The van der Waals surface area contributed by atoms with E-state index in [4.69, 9.17) is 11.6 Å². The summed E-state index contributed by atoms with van der Waals surface area (Å²) in [5, 5.41) is 8.00. The number of hydrogen-bond donors (Lipinski definition) is 1. The van der Waals surface area contributed by atoms with Crippen molar-refractivity contribution < 1.29 is 9.18 Å². The number of anilines is 1. The van der Waals surface area contributed by atoms with Crippen molar-refractivity contribution >= 4 is 34.2 Å². The van der Waals surface area contributed by atoms with Gasteiger partial charge in [-0.15, -0.1) is 0 Å². The van der Waals surface area contributed by atoms with Crippen LogP contribution in [0.3, 0.4) is 0 Å². The van der Waals surface area contributed by atoms with Gasteiger partial charge in [0.2, 0.25) is 0 Å². The van der Waals surface area contributed by atoms with E-state index in [1.807, 2.05) is 6.92 Å². The lowest BCUT2D eigenvalue weighted by molar-refractivity contribution is 0.102. The molecular weight excluding hydrogens is 307 g/mol. The Labute approximate surface area is 130 Å². The lowest BCUT2D eigenvalue weighted by atomic mass is 10.2. The predicted molar refractivity (Wildman–Crippen MR) is 82.6 cm³/mol. The SMILES string of the molecule is Cc1nn(C)c2ncc(NC(=O)c3cc(Cl)ccc3F)cc12. The molecule has 0 aliphatic heterocycles. The van der Waals surface area contributed by atoms with Gasteiger partial charge in [0.05, 0.1) is 23.1 Å². The number of rotatable bonds is 2. The number of carbonyl (C=O) groups excluding carboxylic acids is 1. The van der Waals surface area contributed by atoms with Crippen LogP contribution < -0.4 is 5.32 Å². The number of halogens is 2. The van der Waals surface area contributed by atoms with Crippen molar-refractivity contribution in [1.82, 2.24) is 14.8 Å². The molecule has 0 aliphatic rings. The van der Waals surface area contributed by atoms with E-state index in [1.165, 1.54) is 18.3 Å². The minimum Gasteiger partial charge on any atom is -0.320 e. The third-order valence-electron chi connectivity index (χ3n) is 3.29. The molecule has 0 bridgehead atoms. The zero-order chi connectivity index (χ0) is 15.9. The smallest absolute Gasteiger partial charge is 0.258 e. The average molecular weight is 319 g/mol. The number of fused-ring (bicyclic) bond motifs is 1. The van der Waals surface area contributed by atoms with E-state index < -0.39 is 11.7 Å². The van der Waals surface area contributed by atoms with Crippen molar-refractivity contribution in [2.24, 2.45) is 7.05 Å². The largest absolute Gasteiger partial charge is 0.320 e. The maximum absolute atomic E-state index is 13.7. The van der Waals surface area contributed by atoms with Crippen molar-refractivity contribution in [2.75, 3.05) is 5.32 Å². The van der Waals surface area contributed by atoms with Gasteiger partial charge in [0.15, 0.2) is 5.65 Å². The number of nitrogens with one attached hydrogen (secondary N) is 1. The molecule has 7 heteroatoms. The first kappa shape index (κ1) is 14.5. The number of pyridine rings is 1. The summed E-state index contributed by atoms with van der Waals surface area (Å²) < 4.78 is 15.4. The van der Waals surface area contributed by atoms with E-state index in [2.05, 4.69) is 15.4 Å². The van der Waals surface area contributed by atoms with E-state index in [0.717, 1.165) is 17.1 Å². The monoisotopic (exact) mass is 318 g/mol. The highest BCUT2D eigenvalue weighted by molar-refractivity contribution is 6.31. The molecule has 22 heavy (non-hydrogen) atoms. The Morgan fingerprint density at radius 3 is 2.91 bits per heavy atom. The lowest BCUT2D eigenvalue weighted by Crippen LogP contribution is -2.14. The van der Waals surface area contributed by atoms with E-state index in [-0.39, 0.29) is 5.56 Å². The molecule has 0 atom stereocenters. The van der Waals surface area contributed by atoms with Gasteiger partial charge in [0, 0.05) is 17.5 Å². The van der Waals surface area contributed by atoms with Gasteiger partial charge in [-0.1, -0.05) is 11.6 Å². The average Bonchev–Trinajstić information content (AvgIpc) is 2.76. The summed E-state index contributed by atoms with van der Waals surface area (Å²) in [7, 11) is 1.79. The maximum Gasteiger partial charge on any atom is 0.258 e. The predicted octanol–water partition coefficient (Wildman–Crippen LogP) is 3.32. The number of aromatic nitrogens is 3. The molecule has 2 aromatic heterocycles. The Hall–Kier alpha value is -2.47. The number of aryl methyl sites for hydroxylation is 2. The Bertz CT molecular complexity index is 891. The summed E-state index contributed by atoms with van der Waals surface area (Å²) in [5.74, 6) is -1.21. The fourth-order valence-electron chi connectivity index (χ4n) is 2.25. The zero-order valence-corrected chi connectivity index (χ0v) is 12.6. The highest BCUT2D eigenvalue weighted by Gasteiger charge is 2.14. The number of amides is 1. The normalized spacial score (nSPS) is 10.9. The van der Waals surface area contributed by atoms with Crippen LogP contribution >= 0.6 is 11.6 Å². The second kappa shape index (κ2) is 5.38. The van der Waals surface area contributed by atoms with Gasteiger partial charge in [-0.05, 0) is 31.2 Å². The Balaban J connectivity index is 1.94. The molecule has 0 radical (unpaired) electrons. The lowest BCUT2D eigenvalue weighted by Gasteiger charge is -2.06. The van der Waals surface area contributed by atoms with Gasteiger partial charge in [-0.3, -0.25) is 9.48 Å². The van der Waals surface area contributed by atoms with Gasteiger partial charge in [-0.25, -0.2) is 9.37 Å². The summed E-state index contributed by atoms with van der Waals surface area (Å²) in [4.78, 5) is 16.4. The standard InChI is InChI=1S/C15H12ClFN4O/c1-8-11-6-10(7-18-14(11)21(2)20-8)19-15(22)12-5-9(16)3-4-13(12)17/h3-7H,1-2H3,(H,19,22). The molecular formula is C15H12ClFN4O. The van der Waals surface area contributed by atoms with Gasteiger partial charge in [-0.2, -0.15) is 5.10 Å². The molecule has 1 amide bonds. The van der Waals surface area contributed by atoms with Gasteiger partial charge in [0.25, 0.3) is 5.91 Å². The first-order chi connectivity index (χ1) is 10.5. The zero-order valence-electron chi connectivity index (χ0n) is 11.9. The molecule has 5 nitrogen and oxygen atoms in total. The number of benzene rings is 1. The Morgan fingerprint density at radius 1 is 1.36 bits per heavy atom. The molecule has 0 spiro atoms. The molecule has 3 aromatic rings. The molecule has 1 N–H and O–H groups in total. The first-order valence-corrected chi connectivity index (χ1v) is 6.89. The summed E-state index contributed by atoms with van der Waals surface area (Å²) in [6, 6.07) is 5.59. The van der Waals surface area contributed by atoms with E-state index in [0.29, 0.717) is 16.4 Å². The van der Waals surface area contributed by atoms with E-state index in [1.54, 1.807) is 17.8 Å². The molecule has 112 valence electrons. The van der Waals surface area contributed by atoms with Crippen LogP contribution in [0.25, 0.3) is 11.0 Å². The minimum absolute atomic E-state index is 0.115. The van der Waals surface area contributed by atoms with Gasteiger partial charge >= 0.3 is 0 Å². The summed E-state index contributed by atoms with van der Waals surface area (Å²) in [5.41, 5.74) is 1.86. The molecule has 3 rings (SSSR count). The van der Waals surface area contributed by atoms with Crippen LogP contribution in [-0.2, 0) is 7.05 Å². The molecule has 0 aliphatic carbocycles. The third-order valence-corrected chi connectivity index (χ3v) is 3.53. The number of hydrogen-bond acceptors (Lipinski definition) is 3. The van der Waals surface area contributed by atoms with Crippen LogP contribution in [0, 0.1) is 12.7 Å². The topological polar surface area (TPSA) is 59.8 Å². The van der Waals surface area contributed by atoms with Gasteiger partial charge < -0.3 is 5.32 Å². The fourth-order valence-corrected chi connectivity index (χ4v) is 2.42. The number of carbonyl (C=O) groups is 1. The van der Waals surface area contributed by atoms with Crippen molar-refractivity contribution in [3.05, 3.63) is 52.6 Å². The maximum atomic E-state index is 13.7. The first-order valence-electron chi connectivity index (χ1n) is 6.51. The molecule has 0 saturated heterocycles. The number of nitrogens with zero attached hydrogens (tertiary/aromatic N) is 3. The van der Waals surface area contributed by atoms with Crippen molar-refractivity contribution in [2.45, 2.75) is 6.92 Å². The second-order valence-electron chi connectivity index (χ2n) is 4.88. The minimum atomic E-state index is -0.631. The van der Waals surface area contributed by atoms with Crippen molar-refractivity contribution in [1.29, 1.82) is 0 Å². The summed E-state index contributed by atoms with van der Waals surface area (Å²) in [6.45, 7) is 1.85. The van der Waals surface area contributed by atoms with Crippen LogP contribution in [0.5, 0.6) is 0 Å². The van der Waals surface area contributed by atoms with E-state index >= 15 is 0 Å². The third kappa shape index (κ3) is 2.53. The Kier molecular flexibility index (Phi) is 3.54. The van der Waals surface area contributed by atoms with Crippen LogP contribution in [0.2, 0.25) is 5.02 Å². The molecule has 0 unspecified atom stereocenters. The summed E-state index contributed by atoms with van der Waals surface area (Å²) in [6.07, 6.45) is 1.50. The van der Waals surface area contributed by atoms with Crippen LogP contribution in [0.15, 0.2) is 30.5 Å². The van der Waals surface area contributed by atoms with E-state index in [9.17, 15) is 9.18 Å². The van der Waals surface area contributed by atoms with Gasteiger partial charge in [0.1, 0.15) is 5.82 Å². The van der Waals surface area contributed by atoms with Crippen molar-refractivity contribution in [3.8, 4) is 0 Å². The van der Waals surface area contributed by atoms with Crippen molar-refractivity contribution in [3.63, 3.8) is 0 Å². The summed E-state index contributed by atoms with van der Waals surface area (Å²) >= 11 is 5.80.